The van der Waals surface area contributed by atoms with E-state index >= 15 is 0 Å². The summed E-state index contributed by atoms with van der Waals surface area (Å²) in [5, 5.41) is 14.9. The van der Waals surface area contributed by atoms with Crippen LogP contribution in [0.25, 0.3) is 10.8 Å². The van der Waals surface area contributed by atoms with E-state index < -0.39 is 0 Å². The zero-order valence-electron chi connectivity index (χ0n) is 12.0. The van der Waals surface area contributed by atoms with Gasteiger partial charge in [-0.1, -0.05) is 36.4 Å². The Morgan fingerprint density at radius 1 is 1.10 bits per heavy atom. The minimum Gasteiger partial charge on any atom is -0.396 e. The van der Waals surface area contributed by atoms with E-state index in [-0.39, 0.29) is 0 Å². The molecule has 0 aromatic heterocycles. The summed E-state index contributed by atoms with van der Waals surface area (Å²) in [4.78, 5) is 0. The first-order chi connectivity index (χ1) is 9.81. The van der Waals surface area contributed by atoms with Crippen LogP contribution in [0.2, 0.25) is 0 Å². The molecule has 2 rings (SSSR count). The summed E-state index contributed by atoms with van der Waals surface area (Å²) in [6.07, 6.45) is 0.894. The molecule has 0 aliphatic rings. The van der Waals surface area contributed by atoms with Crippen LogP contribution >= 0.6 is 11.8 Å². The van der Waals surface area contributed by atoms with Gasteiger partial charge in [-0.05, 0) is 41.5 Å². The smallest absolute Gasteiger partial charge is 0.0438 e. The van der Waals surface area contributed by atoms with Crippen LogP contribution in [-0.4, -0.2) is 29.8 Å². The van der Waals surface area contributed by atoms with Crippen molar-refractivity contribution in [3.63, 3.8) is 0 Å². The zero-order valence-corrected chi connectivity index (χ0v) is 12.8. The summed E-state index contributed by atoms with van der Waals surface area (Å²) in [6.45, 7) is 3.51. The maximum absolute atomic E-state index is 8.72. The van der Waals surface area contributed by atoms with Gasteiger partial charge in [0.25, 0.3) is 0 Å². The molecular weight excluding hydrogens is 266 g/mol. The second-order valence-electron chi connectivity index (χ2n) is 4.97. The minimum absolute atomic E-state index is 0.300. The zero-order chi connectivity index (χ0) is 14.2. The van der Waals surface area contributed by atoms with E-state index in [1.54, 1.807) is 0 Å². The van der Waals surface area contributed by atoms with Crippen LogP contribution in [0.4, 0.5) is 0 Å². The Bertz CT molecular complexity index is 529. The number of hydrogen-bond donors (Lipinski definition) is 2. The number of fused-ring (bicyclic) bond motifs is 1. The van der Waals surface area contributed by atoms with Crippen LogP contribution in [0.3, 0.4) is 0 Å². The Labute approximate surface area is 125 Å². The molecule has 0 aliphatic heterocycles. The van der Waals surface area contributed by atoms with Crippen molar-refractivity contribution in [2.75, 3.05) is 24.7 Å². The predicted octanol–water partition coefficient (Wildman–Crippen LogP) is 3.61. The topological polar surface area (TPSA) is 32.3 Å². The van der Waals surface area contributed by atoms with Crippen molar-refractivity contribution in [1.82, 2.24) is 5.32 Å². The largest absolute Gasteiger partial charge is 0.396 e. The molecule has 2 aromatic rings. The van der Waals surface area contributed by atoms with E-state index in [0.717, 1.165) is 24.5 Å². The van der Waals surface area contributed by atoms with Gasteiger partial charge in [0, 0.05) is 24.9 Å². The SMILES string of the molecule is CC(NCCSCCCO)c1ccc2ccccc2c1. The number of rotatable bonds is 8. The maximum atomic E-state index is 8.72. The Hall–Kier alpha value is -1.03. The summed E-state index contributed by atoms with van der Waals surface area (Å²) >= 11 is 1.90. The average molecular weight is 289 g/mol. The molecule has 0 fully saturated rings. The molecule has 1 atom stereocenters. The fraction of sp³-hybridized carbons (Fsp3) is 0.412. The predicted molar refractivity (Wildman–Crippen MR) is 89.4 cm³/mol. The van der Waals surface area contributed by atoms with Crippen LogP contribution in [0.5, 0.6) is 0 Å². The molecule has 0 saturated carbocycles. The first-order valence-electron chi connectivity index (χ1n) is 7.22. The first-order valence-corrected chi connectivity index (χ1v) is 8.37. The third-order valence-electron chi connectivity index (χ3n) is 3.42. The summed E-state index contributed by atoms with van der Waals surface area (Å²) in [7, 11) is 0. The van der Waals surface area contributed by atoms with Gasteiger partial charge in [-0.2, -0.15) is 11.8 Å². The van der Waals surface area contributed by atoms with Gasteiger partial charge >= 0.3 is 0 Å². The normalized spacial score (nSPS) is 12.7. The average Bonchev–Trinajstić information content (AvgIpc) is 2.50. The quantitative estimate of drug-likeness (QED) is 0.728. The molecule has 2 aromatic carbocycles. The summed E-state index contributed by atoms with van der Waals surface area (Å²) in [5.41, 5.74) is 1.34. The Balaban J connectivity index is 1.83. The monoisotopic (exact) mass is 289 g/mol. The number of thioether (sulfide) groups is 1. The van der Waals surface area contributed by atoms with Gasteiger partial charge in [0.05, 0.1) is 0 Å². The number of aliphatic hydroxyl groups is 1. The standard InChI is InChI=1S/C17H23NOS/c1-14(18-9-12-20-11-4-10-19)16-8-7-15-5-2-3-6-17(15)13-16/h2-3,5-8,13-14,18-19H,4,9-12H2,1H3. The molecule has 20 heavy (non-hydrogen) atoms. The summed E-state index contributed by atoms with van der Waals surface area (Å²) in [5.74, 6) is 2.14. The fourth-order valence-corrected chi connectivity index (χ4v) is 3.01. The molecule has 0 amide bonds. The van der Waals surface area contributed by atoms with E-state index in [1.165, 1.54) is 16.3 Å². The second kappa shape index (κ2) is 8.30. The molecule has 1 unspecified atom stereocenters. The minimum atomic E-state index is 0.300. The van der Waals surface area contributed by atoms with Gasteiger partial charge in [0.15, 0.2) is 0 Å². The number of nitrogens with one attached hydrogen (secondary N) is 1. The lowest BCUT2D eigenvalue weighted by Gasteiger charge is -2.15. The van der Waals surface area contributed by atoms with Gasteiger partial charge in [-0.25, -0.2) is 0 Å². The third-order valence-corrected chi connectivity index (χ3v) is 4.49. The van der Waals surface area contributed by atoms with E-state index in [9.17, 15) is 0 Å². The van der Waals surface area contributed by atoms with E-state index in [2.05, 4.69) is 54.7 Å². The van der Waals surface area contributed by atoms with Gasteiger partial charge in [-0.3, -0.25) is 0 Å². The van der Waals surface area contributed by atoms with Crippen LogP contribution < -0.4 is 5.32 Å². The van der Waals surface area contributed by atoms with Crippen LogP contribution in [0, 0.1) is 0 Å². The molecule has 0 bridgehead atoms. The van der Waals surface area contributed by atoms with E-state index in [0.29, 0.717) is 12.6 Å². The van der Waals surface area contributed by atoms with Crippen LogP contribution in [-0.2, 0) is 0 Å². The lowest BCUT2D eigenvalue weighted by atomic mass is 10.0. The van der Waals surface area contributed by atoms with E-state index in [1.807, 2.05) is 11.8 Å². The van der Waals surface area contributed by atoms with Crippen LogP contribution in [0.1, 0.15) is 24.9 Å². The second-order valence-corrected chi connectivity index (χ2v) is 6.20. The summed E-state index contributed by atoms with van der Waals surface area (Å²) < 4.78 is 0. The molecule has 0 heterocycles. The maximum Gasteiger partial charge on any atom is 0.0438 e. The highest BCUT2D eigenvalue weighted by Crippen LogP contribution is 2.20. The van der Waals surface area contributed by atoms with Gasteiger partial charge in [0.2, 0.25) is 0 Å². The molecule has 0 saturated heterocycles. The third kappa shape index (κ3) is 4.51. The van der Waals surface area contributed by atoms with Crippen molar-refractivity contribution in [3.8, 4) is 0 Å². The molecule has 0 radical (unpaired) electrons. The molecule has 2 N–H and O–H groups in total. The van der Waals surface area contributed by atoms with Crippen molar-refractivity contribution in [2.45, 2.75) is 19.4 Å². The van der Waals surface area contributed by atoms with Gasteiger partial charge in [0.1, 0.15) is 0 Å². The molecule has 2 nitrogen and oxygen atoms in total. The van der Waals surface area contributed by atoms with Crippen molar-refractivity contribution in [3.05, 3.63) is 48.0 Å². The molecule has 3 heteroatoms. The fourth-order valence-electron chi connectivity index (χ4n) is 2.21. The Kier molecular flexibility index (Phi) is 6.37. The molecule has 0 aliphatic carbocycles. The Morgan fingerprint density at radius 2 is 1.90 bits per heavy atom. The number of hydrogen-bond acceptors (Lipinski definition) is 3. The summed E-state index contributed by atoms with van der Waals surface area (Å²) in [6, 6.07) is 15.5. The molecular formula is C17H23NOS. The lowest BCUT2D eigenvalue weighted by Crippen LogP contribution is -2.21. The highest BCUT2D eigenvalue weighted by atomic mass is 32.2. The Morgan fingerprint density at radius 3 is 2.70 bits per heavy atom. The molecule has 108 valence electrons. The lowest BCUT2D eigenvalue weighted by molar-refractivity contribution is 0.296. The molecule has 0 spiro atoms. The van der Waals surface area contributed by atoms with Gasteiger partial charge in [-0.15, -0.1) is 0 Å². The highest BCUT2D eigenvalue weighted by molar-refractivity contribution is 7.99. The number of benzene rings is 2. The van der Waals surface area contributed by atoms with Crippen molar-refractivity contribution < 1.29 is 5.11 Å². The highest BCUT2D eigenvalue weighted by Gasteiger charge is 2.05. The van der Waals surface area contributed by atoms with Crippen molar-refractivity contribution in [1.29, 1.82) is 0 Å². The van der Waals surface area contributed by atoms with Crippen molar-refractivity contribution >= 4 is 22.5 Å². The van der Waals surface area contributed by atoms with E-state index in [4.69, 9.17) is 5.11 Å². The van der Waals surface area contributed by atoms with Crippen LogP contribution in [0.15, 0.2) is 42.5 Å². The number of aliphatic hydroxyl groups excluding tert-OH is 1. The first kappa shape index (κ1) is 15.4. The van der Waals surface area contributed by atoms with Gasteiger partial charge < -0.3 is 10.4 Å². The van der Waals surface area contributed by atoms with Crippen molar-refractivity contribution in [2.24, 2.45) is 0 Å².